The van der Waals surface area contributed by atoms with Crippen LogP contribution in [-0.4, -0.2) is 51.7 Å². The van der Waals surface area contributed by atoms with Gasteiger partial charge < -0.3 is 4.90 Å². The lowest BCUT2D eigenvalue weighted by Crippen LogP contribution is -2.49. The van der Waals surface area contributed by atoms with Crippen LogP contribution in [-0.2, 0) is 13.6 Å². The summed E-state index contributed by atoms with van der Waals surface area (Å²) in [5.41, 5.74) is 1.38. The molecule has 1 aromatic heterocycles. The number of aromatic nitrogens is 2. The molecule has 1 aliphatic rings. The highest BCUT2D eigenvalue weighted by Gasteiger charge is 2.26. The monoisotopic (exact) mass is 430 g/mol. The van der Waals surface area contributed by atoms with Crippen molar-refractivity contribution < 1.29 is 4.79 Å². The second-order valence-corrected chi connectivity index (χ2v) is 8.03. The van der Waals surface area contributed by atoms with E-state index >= 15 is 0 Å². The van der Waals surface area contributed by atoms with Crippen molar-refractivity contribution in [3.63, 3.8) is 0 Å². The number of carbonyl (C=O) groups excluding carboxylic acids is 1. The van der Waals surface area contributed by atoms with Gasteiger partial charge in [0.15, 0.2) is 5.69 Å². The van der Waals surface area contributed by atoms with Crippen LogP contribution in [0.5, 0.6) is 0 Å². The Labute approximate surface area is 178 Å². The van der Waals surface area contributed by atoms with E-state index in [4.69, 9.17) is 23.2 Å². The molecule has 2 heterocycles. The Hall–Kier alpha value is -2.41. The lowest BCUT2D eigenvalue weighted by molar-refractivity contribution is 0.0619. The first-order chi connectivity index (χ1) is 13.9. The van der Waals surface area contributed by atoms with E-state index in [9.17, 15) is 9.59 Å². The van der Waals surface area contributed by atoms with Crippen LogP contribution in [0, 0.1) is 0 Å². The quantitative estimate of drug-likeness (QED) is 0.639. The molecule has 6 nitrogen and oxygen atoms in total. The minimum absolute atomic E-state index is 0.0617. The second kappa shape index (κ2) is 8.14. The van der Waals surface area contributed by atoms with Crippen molar-refractivity contribution in [1.82, 2.24) is 19.6 Å². The predicted molar refractivity (Wildman–Crippen MR) is 115 cm³/mol. The van der Waals surface area contributed by atoms with Crippen molar-refractivity contribution in [3.05, 3.63) is 74.0 Å². The molecule has 4 rings (SSSR count). The average molecular weight is 431 g/mol. The first-order valence-corrected chi connectivity index (χ1v) is 10.1. The number of rotatable bonds is 3. The van der Waals surface area contributed by atoms with Crippen LogP contribution in [0.3, 0.4) is 0 Å². The van der Waals surface area contributed by atoms with Gasteiger partial charge in [-0.05, 0) is 35.9 Å². The van der Waals surface area contributed by atoms with E-state index in [1.54, 1.807) is 34.8 Å². The minimum Gasteiger partial charge on any atom is -0.335 e. The molecule has 0 bridgehead atoms. The number of hydrogen-bond donors (Lipinski definition) is 0. The van der Waals surface area contributed by atoms with Crippen LogP contribution in [0.4, 0.5) is 0 Å². The Morgan fingerprint density at radius 2 is 1.66 bits per heavy atom. The molecule has 0 radical (unpaired) electrons. The standard InChI is InChI=1S/C21H20Cl2N4O2/c1-25-18-7-6-16(23)12-17(18)20(28)19(24-25)21(29)27-10-8-26(9-11-27)13-14-2-4-15(22)5-3-14/h2-7,12H,8-11,13H2,1H3. The maximum Gasteiger partial charge on any atom is 0.278 e. The minimum atomic E-state index is -0.380. The van der Waals surface area contributed by atoms with Crippen molar-refractivity contribution in [2.45, 2.75) is 6.54 Å². The van der Waals surface area contributed by atoms with Gasteiger partial charge in [0, 0.05) is 49.8 Å². The van der Waals surface area contributed by atoms with Gasteiger partial charge in [-0.1, -0.05) is 35.3 Å². The zero-order valence-corrected chi connectivity index (χ0v) is 17.5. The number of fused-ring (bicyclic) bond motifs is 1. The van der Waals surface area contributed by atoms with Gasteiger partial charge in [0.05, 0.1) is 10.9 Å². The Kier molecular flexibility index (Phi) is 5.58. The molecule has 2 aromatic carbocycles. The molecule has 8 heteroatoms. The summed E-state index contributed by atoms with van der Waals surface area (Å²) in [6.45, 7) is 3.35. The maximum atomic E-state index is 13.0. The van der Waals surface area contributed by atoms with E-state index in [0.717, 1.165) is 24.7 Å². The van der Waals surface area contributed by atoms with Crippen molar-refractivity contribution in [2.75, 3.05) is 26.2 Å². The lowest BCUT2D eigenvalue weighted by atomic mass is 10.1. The van der Waals surface area contributed by atoms with Gasteiger partial charge >= 0.3 is 0 Å². The topological polar surface area (TPSA) is 58.4 Å². The summed E-state index contributed by atoms with van der Waals surface area (Å²) in [4.78, 5) is 29.8. The Balaban J connectivity index is 1.49. The number of halogens is 2. The fourth-order valence-corrected chi connectivity index (χ4v) is 3.89. The van der Waals surface area contributed by atoms with Crippen molar-refractivity contribution in [1.29, 1.82) is 0 Å². The number of amides is 1. The molecule has 0 unspecified atom stereocenters. The molecule has 29 heavy (non-hydrogen) atoms. The summed E-state index contributed by atoms with van der Waals surface area (Å²) in [5, 5.41) is 5.82. The van der Waals surface area contributed by atoms with Crippen molar-refractivity contribution in [3.8, 4) is 0 Å². The SMILES string of the molecule is Cn1nc(C(=O)N2CCN(Cc3ccc(Cl)cc3)CC2)c(=O)c2cc(Cl)ccc21. The molecule has 1 saturated heterocycles. The molecular weight excluding hydrogens is 411 g/mol. The molecule has 150 valence electrons. The molecule has 0 spiro atoms. The van der Waals surface area contributed by atoms with Gasteiger partial charge in [-0.25, -0.2) is 0 Å². The number of carbonyl (C=O) groups is 1. The van der Waals surface area contributed by atoms with E-state index in [1.807, 2.05) is 24.3 Å². The highest BCUT2D eigenvalue weighted by Crippen LogP contribution is 2.17. The summed E-state index contributed by atoms with van der Waals surface area (Å²) in [5.74, 6) is -0.335. The smallest absolute Gasteiger partial charge is 0.278 e. The van der Waals surface area contributed by atoms with E-state index in [2.05, 4.69) is 10.00 Å². The van der Waals surface area contributed by atoms with Gasteiger partial charge in [-0.3, -0.25) is 19.2 Å². The highest BCUT2D eigenvalue weighted by atomic mass is 35.5. The second-order valence-electron chi connectivity index (χ2n) is 7.16. The van der Waals surface area contributed by atoms with Crippen LogP contribution in [0.15, 0.2) is 47.3 Å². The molecule has 1 amide bonds. The van der Waals surface area contributed by atoms with Gasteiger partial charge in [0.25, 0.3) is 5.91 Å². The molecule has 1 aliphatic heterocycles. The first-order valence-electron chi connectivity index (χ1n) is 9.35. The molecule has 1 fully saturated rings. The Bertz CT molecular complexity index is 1120. The lowest BCUT2D eigenvalue weighted by Gasteiger charge is -2.34. The van der Waals surface area contributed by atoms with Crippen LogP contribution < -0.4 is 5.43 Å². The fourth-order valence-electron chi connectivity index (χ4n) is 3.60. The van der Waals surface area contributed by atoms with Crippen LogP contribution in [0.25, 0.3) is 10.9 Å². The van der Waals surface area contributed by atoms with E-state index in [1.165, 1.54) is 5.56 Å². The summed E-state index contributed by atoms with van der Waals surface area (Å²) in [7, 11) is 1.72. The van der Waals surface area contributed by atoms with Crippen molar-refractivity contribution >= 4 is 40.0 Å². The first kappa shape index (κ1) is 19.9. The molecule has 0 saturated carbocycles. The normalized spacial score (nSPS) is 15.1. The number of hydrogen-bond acceptors (Lipinski definition) is 4. The molecular formula is C21H20Cl2N4O2. The zero-order chi connectivity index (χ0) is 20.5. The largest absolute Gasteiger partial charge is 0.335 e. The number of benzene rings is 2. The van der Waals surface area contributed by atoms with Gasteiger partial charge in [-0.2, -0.15) is 5.10 Å². The number of nitrogens with zero attached hydrogens (tertiary/aromatic N) is 4. The molecule has 0 N–H and O–H groups in total. The number of piperazine rings is 1. The fraction of sp³-hybridized carbons (Fsp3) is 0.286. The summed E-state index contributed by atoms with van der Waals surface area (Å²) < 4.78 is 1.55. The van der Waals surface area contributed by atoms with Gasteiger partial charge in [0.1, 0.15) is 0 Å². The third-order valence-corrected chi connectivity index (χ3v) is 5.69. The summed E-state index contributed by atoms with van der Waals surface area (Å²) in [6, 6.07) is 12.8. The van der Waals surface area contributed by atoms with Crippen molar-refractivity contribution in [2.24, 2.45) is 7.05 Å². The zero-order valence-electron chi connectivity index (χ0n) is 15.9. The predicted octanol–water partition coefficient (Wildman–Crippen LogP) is 3.20. The average Bonchev–Trinajstić information content (AvgIpc) is 2.72. The molecule has 0 aliphatic carbocycles. The van der Waals surface area contributed by atoms with E-state index in [0.29, 0.717) is 29.0 Å². The third kappa shape index (κ3) is 4.15. The molecule has 3 aromatic rings. The molecule has 0 atom stereocenters. The van der Waals surface area contributed by atoms with Crippen LogP contribution >= 0.6 is 23.2 Å². The Morgan fingerprint density at radius 1 is 1.00 bits per heavy atom. The number of aryl methyl sites for hydroxylation is 1. The van der Waals surface area contributed by atoms with Crippen LogP contribution in [0.1, 0.15) is 16.1 Å². The Morgan fingerprint density at radius 3 is 2.34 bits per heavy atom. The van der Waals surface area contributed by atoms with Gasteiger partial charge in [0.2, 0.25) is 5.43 Å². The van der Waals surface area contributed by atoms with E-state index < -0.39 is 0 Å². The highest BCUT2D eigenvalue weighted by molar-refractivity contribution is 6.31. The van der Waals surface area contributed by atoms with Gasteiger partial charge in [-0.15, -0.1) is 0 Å². The summed E-state index contributed by atoms with van der Waals surface area (Å²) >= 11 is 12.0. The van der Waals surface area contributed by atoms with E-state index in [-0.39, 0.29) is 17.0 Å². The van der Waals surface area contributed by atoms with Crippen LogP contribution in [0.2, 0.25) is 10.0 Å². The maximum absolute atomic E-state index is 13.0. The third-order valence-electron chi connectivity index (χ3n) is 5.20. The summed E-state index contributed by atoms with van der Waals surface area (Å²) in [6.07, 6.45) is 0.